The van der Waals surface area contributed by atoms with Crippen LogP contribution in [0.1, 0.15) is 15.9 Å². The van der Waals surface area contributed by atoms with Gasteiger partial charge in [-0.25, -0.2) is 8.78 Å². The Hall–Kier alpha value is -1.20. The van der Waals surface area contributed by atoms with Crippen LogP contribution in [0, 0.1) is 6.92 Å². The van der Waals surface area contributed by atoms with Crippen LogP contribution >= 0.6 is 11.6 Å². The van der Waals surface area contributed by atoms with Gasteiger partial charge in [0.2, 0.25) is 0 Å². The number of benzene rings is 1. The zero-order valence-electron chi connectivity index (χ0n) is 9.14. The zero-order chi connectivity index (χ0) is 13.1. The standard InChI is InChI=1S/C11H12ClF2NO2/c1-7-2-3-8(9(12)4-7)10(17)15-5-11(13,14)6-16/h2-4,16H,5-6H2,1H3,(H,15,17). The molecule has 2 N–H and O–H groups in total. The molecule has 0 aromatic heterocycles. The molecule has 17 heavy (non-hydrogen) atoms. The number of hydrogen-bond acceptors (Lipinski definition) is 2. The highest BCUT2D eigenvalue weighted by Crippen LogP contribution is 2.18. The molecule has 0 heterocycles. The number of amides is 1. The topological polar surface area (TPSA) is 49.3 Å². The van der Waals surface area contributed by atoms with Crippen LogP contribution in [0.2, 0.25) is 5.02 Å². The molecule has 0 saturated heterocycles. The number of aliphatic hydroxyl groups is 1. The van der Waals surface area contributed by atoms with Gasteiger partial charge in [0.15, 0.2) is 0 Å². The fraction of sp³-hybridized carbons (Fsp3) is 0.364. The molecule has 1 aromatic carbocycles. The van der Waals surface area contributed by atoms with Gasteiger partial charge in [0, 0.05) is 0 Å². The van der Waals surface area contributed by atoms with Crippen molar-refractivity contribution < 1.29 is 18.7 Å². The SMILES string of the molecule is Cc1ccc(C(=O)NCC(F)(F)CO)c(Cl)c1. The zero-order valence-corrected chi connectivity index (χ0v) is 9.89. The maximum Gasteiger partial charge on any atom is 0.287 e. The van der Waals surface area contributed by atoms with Crippen LogP contribution in [0.5, 0.6) is 0 Å². The van der Waals surface area contributed by atoms with Gasteiger partial charge in [-0.1, -0.05) is 17.7 Å². The summed E-state index contributed by atoms with van der Waals surface area (Å²) in [4.78, 5) is 11.5. The van der Waals surface area contributed by atoms with E-state index in [4.69, 9.17) is 16.7 Å². The summed E-state index contributed by atoms with van der Waals surface area (Å²) >= 11 is 5.81. The van der Waals surface area contributed by atoms with Crippen LogP contribution in [0.4, 0.5) is 8.78 Å². The summed E-state index contributed by atoms with van der Waals surface area (Å²) in [5, 5.41) is 10.6. The molecule has 6 heteroatoms. The number of hydrogen-bond donors (Lipinski definition) is 2. The molecule has 0 fully saturated rings. The van der Waals surface area contributed by atoms with Gasteiger partial charge in [-0.15, -0.1) is 0 Å². The third-order valence-electron chi connectivity index (χ3n) is 2.11. The Labute approximate surface area is 102 Å². The van der Waals surface area contributed by atoms with E-state index in [-0.39, 0.29) is 10.6 Å². The molecular weight excluding hydrogens is 252 g/mol. The normalized spacial score (nSPS) is 11.4. The highest BCUT2D eigenvalue weighted by atomic mass is 35.5. The lowest BCUT2D eigenvalue weighted by atomic mass is 10.1. The van der Waals surface area contributed by atoms with Crippen molar-refractivity contribution in [3.63, 3.8) is 0 Å². The molecule has 1 aromatic rings. The van der Waals surface area contributed by atoms with Crippen molar-refractivity contribution in [2.24, 2.45) is 0 Å². The second-order valence-corrected chi connectivity index (χ2v) is 4.09. The van der Waals surface area contributed by atoms with Crippen molar-refractivity contribution >= 4 is 17.5 Å². The first-order valence-electron chi connectivity index (χ1n) is 4.89. The van der Waals surface area contributed by atoms with Gasteiger partial charge in [0.1, 0.15) is 6.61 Å². The Kier molecular flexibility index (Phi) is 4.42. The average molecular weight is 264 g/mol. The highest BCUT2D eigenvalue weighted by Gasteiger charge is 2.28. The van der Waals surface area contributed by atoms with Crippen molar-refractivity contribution in [1.82, 2.24) is 5.32 Å². The molecule has 94 valence electrons. The maximum absolute atomic E-state index is 12.7. The van der Waals surface area contributed by atoms with E-state index in [0.717, 1.165) is 5.56 Å². The van der Waals surface area contributed by atoms with Crippen LogP contribution in [0.15, 0.2) is 18.2 Å². The Morgan fingerprint density at radius 1 is 1.53 bits per heavy atom. The summed E-state index contributed by atoms with van der Waals surface area (Å²) in [7, 11) is 0. The minimum absolute atomic E-state index is 0.131. The molecule has 0 unspecified atom stereocenters. The summed E-state index contributed by atoms with van der Waals surface area (Å²) < 4.78 is 25.4. The quantitative estimate of drug-likeness (QED) is 0.873. The van der Waals surface area contributed by atoms with Crippen LogP contribution in [-0.2, 0) is 0 Å². The molecule has 0 spiro atoms. The Balaban J connectivity index is 2.71. The van der Waals surface area contributed by atoms with Crippen molar-refractivity contribution in [1.29, 1.82) is 0 Å². The highest BCUT2D eigenvalue weighted by molar-refractivity contribution is 6.33. The molecule has 0 radical (unpaired) electrons. The first kappa shape index (κ1) is 13.9. The number of carbonyl (C=O) groups is 1. The average Bonchev–Trinajstić information content (AvgIpc) is 2.26. The minimum Gasteiger partial charge on any atom is -0.390 e. The minimum atomic E-state index is -3.33. The van der Waals surface area contributed by atoms with Gasteiger partial charge in [0.25, 0.3) is 11.8 Å². The Bertz CT molecular complexity index is 424. The molecule has 0 aliphatic carbocycles. The van der Waals surface area contributed by atoms with E-state index in [1.54, 1.807) is 19.1 Å². The van der Waals surface area contributed by atoms with E-state index < -0.39 is 25.0 Å². The molecule has 0 aliphatic heterocycles. The third-order valence-corrected chi connectivity index (χ3v) is 2.42. The number of nitrogens with one attached hydrogen (secondary N) is 1. The first-order chi connectivity index (χ1) is 7.85. The molecule has 0 bridgehead atoms. The number of aryl methyl sites for hydroxylation is 1. The fourth-order valence-corrected chi connectivity index (χ4v) is 1.49. The lowest BCUT2D eigenvalue weighted by molar-refractivity contribution is -0.0462. The summed E-state index contributed by atoms with van der Waals surface area (Å²) in [6.45, 7) is -0.436. The van der Waals surface area contributed by atoms with E-state index in [2.05, 4.69) is 0 Å². The summed E-state index contributed by atoms with van der Waals surface area (Å²) in [5.74, 6) is -4.02. The van der Waals surface area contributed by atoms with Crippen molar-refractivity contribution in [2.75, 3.05) is 13.2 Å². The van der Waals surface area contributed by atoms with Gasteiger partial charge in [-0.3, -0.25) is 4.79 Å². The predicted octanol–water partition coefficient (Wildman–Crippen LogP) is 2.01. The lowest BCUT2D eigenvalue weighted by Crippen LogP contribution is -2.39. The van der Waals surface area contributed by atoms with Gasteiger partial charge in [-0.05, 0) is 24.6 Å². The monoisotopic (exact) mass is 263 g/mol. The van der Waals surface area contributed by atoms with Crippen LogP contribution in [0.3, 0.4) is 0 Å². The van der Waals surface area contributed by atoms with E-state index in [0.29, 0.717) is 0 Å². The Morgan fingerprint density at radius 3 is 2.71 bits per heavy atom. The van der Waals surface area contributed by atoms with Crippen LogP contribution < -0.4 is 5.32 Å². The summed E-state index contributed by atoms with van der Waals surface area (Å²) in [5.41, 5.74) is 0.998. The number of rotatable bonds is 4. The molecule has 0 atom stereocenters. The number of aliphatic hydroxyl groups excluding tert-OH is 1. The molecule has 1 rings (SSSR count). The molecular formula is C11H12ClF2NO2. The largest absolute Gasteiger partial charge is 0.390 e. The van der Waals surface area contributed by atoms with E-state index in [9.17, 15) is 13.6 Å². The number of alkyl halides is 2. The van der Waals surface area contributed by atoms with Crippen molar-refractivity contribution in [3.05, 3.63) is 34.3 Å². The first-order valence-corrected chi connectivity index (χ1v) is 5.26. The maximum atomic E-state index is 12.7. The van der Waals surface area contributed by atoms with Gasteiger partial charge >= 0.3 is 0 Å². The molecule has 1 amide bonds. The van der Waals surface area contributed by atoms with Crippen molar-refractivity contribution in [3.8, 4) is 0 Å². The van der Waals surface area contributed by atoms with E-state index in [1.165, 1.54) is 6.07 Å². The predicted molar refractivity (Wildman–Crippen MR) is 60.6 cm³/mol. The summed E-state index contributed by atoms with van der Waals surface area (Å²) in [6.07, 6.45) is 0. The number of halogens is 3. The number of carbonyl (C=O) groups excluding carboxylic acids is 1. The second-order valence-electron chi connectivity index (χ2n) is 3.68. The Morgan fingerprint density at radius 2 is 2.18 bits per heavy atom. The van der Waals surface area contributed by atoms with E-state index in [1.807, 2.05) is 5.32 Å². The summed E-state index contributed by atoms with van der Waals surface area (Å²) in [6, 6.07) is 4.69. The molecule has 3 nitrogen and oxygen atoms in total. The van der Waals surface area contributed by atoms with E-state index >= 15 is 0 Å². The smallest absolute Gasteiger partial charge is 0.287 e. The van der Waals surface area contributed by atoms with Crippen LogP contribution in [0.25, 0.3) is 0 Å². The second kappa shape index (κ2) is 5.42. The van der Waals surface area contributed by atoms with Crippen molar-refractivity contribution in [2.45, 2.75) is 12.8 Å². The molecule has 0 saturated carbocycles. The third kappa shape index (κ3) is 3.94. The molecule has 0 aliphatic rings. The lowest BCUT2D eigenvalue weighted by Gasteiger charge is -2.14. The fourth-order valence-electron chi connectivity index (χ4n) is 1.17. The van der Waals surface area contributed by atoms with Gasteiger partial charge in [-0.2, -0.15) is 0 Å². The van der Waals surface area contributed by atoms with Gasteiger partial charge < -0.3 is 10.4 Å². The van der Waals surface area contributed by atoms with Gasteiger partial charge in [0.05, 0.1) is 17.1 Å². The van der Waals surface area contributed by atoms with Crippen LogP contribution in [-0.4, -0.2) is 30.1 Å².